The zero-order valence-corrected chi connectivity index (χ0v) is 12.7. The van der Waals surface area contributed by atoms with Gasteiger partial charge in [0.25, 0.3) is 6.47 Å². The molecule has 0 saturated carbocycles. The molecule has 2 aromatic rings. The Balaban J connectivity index is 0.000000383. The van der Waals surface area contributed by atoms with Crippen LogP contribution in [0.2, 0.25) is 0 Å². The predicted molar refractivity (Wildman–Crippen MR) is 81.7 cm³/mol. The molecule has 2 N–H and O–H groups in total. The quantitative estimate of drug-likeness (QED) is 0.857. The number of oxazole rings is 1. The lowest BCUT2D eigenvalue weighted by molar-refractivity contribution is -0.128. The highest BCUT2D eigenvalue weighted by Gasteiger charge is 2.12. The lowest BCUT2D eigenvalue weighted by Crippen LogP contribution is -2.17. The molecule has 0 aliphatic rings. The normalized spacial score (nSPS) is 11.2. The highest BCUT2D eigenvalue weighted by Crippen LogP contribution is 2.24. The van der Waals surface area contributed by atoms with Gasteiger partial charge in [0.1, 0.15) is 0 Å². The summed E-state index contributed by atoms with van der Waals surface area (Å²) < 4.78 is 9.87. The van der Waals surface area contributed by atoms with Crippen molar-refractivity contribution in [3.8, 4) is 11.3 Å². The Morgan fingerprint density at radius 3 is 2.52 bits per heavy atom. The van der Waals surface area contributed by atoms with Gasteiger partial charge in [-0.1, -0.05) is 30.3 Å². The first-order chi connectivity index (χ1) is 10.1. The number of carbonyl (C=O) groups excluding carboxylic acids is 1. The highest BCUT2D eigenvalue weighted by molar-refractivity contribution is 5.59. The van der Waals surface area contributed by atoms with E-state index in [1.165, 1.54) is 0 Å². The van der Waals surface area contributed by atoms with Crippen LogP contribution in [-0.4, -0.2) is 24.1 Å². The summed E-state index contributed by atoms with van der Waals surface area (Å²) in [5.41, 5.74) is 7.70. The van der Waals surface area contributed by atoms with Crippen molar-refractivity contribution in [3.05, 3.63) is 41.9 Å². The molecule has 1 unspecified atom stereocenters. The predicted octanol–water partition coefficient (Wildman–Crippen LogP) is 2.72. The van der Waals surface area contributed by atoms with Gasteiger partial charge in [0, 0.05) is 18.0 Å². The lowest BCUT2D eigenvalue weighted by atomic mass is 10.1. The second-order valence-corrected chi connectivity index (χ2v) is 4.62. The van der Waals surface area contributed by atoms with Crippen molar-refractivity contribution in [2.45, 2.75) is 33.2 Å². The molecule has 0 amide bonds. The van der Waals surface area contributed by atoms with Crippen LogP contribution in [0.25, 0.3) is 11.3 Å². The van der Waals surface area contributed by atoms with E-state index < -0.39 is 0 Å². The van der Waals surface area contributed by atoms with Crippen LogP contribution in [-0.2, 0) is 16.0 Å². The molecule has 0 spiro atoms. The minimum absolute atomic E-state index is 0.0710. The average molecular weight is 290 g/mol. The Morgan fingerprint density at radius 2 is 2.05 bits per heavy atom. The number of ether oxygens (including phenoxy) is 1. The summed E-state index contributed by atoms with van der Waals surface area (Å²) in [6.07, 6.45) is 0.674. The number of hydrogen-bond acceptors (Lipinski definition) is 5. The van der Waals surface area contributed by atoms with Gasteiger partial charge in [0.05, 0.1) is 12.3 Å². The number of aromatic nitrogens is 1. The number of nitrogens with two attached hydrogens (primary N) is 1. The summed E-state index contributed by atoms with van der Waals surface area (Å²) in [4.78, 5) is 13.6. The second kappa shape index (κ2) is 8.92. The number of benzene rings is 1. The summed E-state index contributed by atoms with van der Waals surface area (Å²) in [5, 5.41) is 0. The minimum Gasteiger partial charge on any atom is -0.468 e. The largest absolute Gasteiger partial charge is 0.468 e. The zero-order valence-electron chi connectivity index (χ0n) is 12.7. The maximum Gasteiger partial charge on any atom is 0.293 e. The summed E-state index contributed by atoms with van der Waals surface area (Å²) in [6.45, 7) is 6.57. The van der Waals surface area contributed by atoms with Crippen LogP contribution in [0.5, 0.6) is 0 Å². The van der Waals surface area contributed by atoms with E-state index in [-0.39, 0.29) is 6.04 Å². The van der Waals surface area contributed by atoms with Gasteiger partial charge in [0.2, 0.25) is 0 Å². The molecule has 114 valence electrons. The van der Waals surface area contributed by atoms with Gasteiger partial charge in [-0.15, -0.1) is 0 Å². The van der Waals surface area contributed by atoms with Crippen LogP contribution in [0.3, 0.4) is 0 Å². The van der Waals surface area contributed by atoms with E-state index >= 15 is 0 Å². The van der Waals surface area contributed by atoms with E-state index in [4.69, 9.17) is 10.2 Å². The van der Waals surface area contributed by atoms with Crippen molar-refractivity contribution in [1.29, 1.82) is 0 Å². The fourth-order valence-corrected chi connectivity index (χ4v) is 1.74. The maximum absolute atomic E-state index is 9.18. The third-order valence-corrected chi connectivity index (χ3v) is 2.61. The number of aryl methyl sites for hydroxylation is 1. The Bertz CT molecular complexity index is 536. The summed E-state index contributed by atoms with van der Waals surface area (Å²) in [5.74, 6) is 1.56. The van der Waals surface area contributed by atoms with Crippen LogP contribution in [0.15, 0.2) is 34.7 Å². The molecule has 0 aliphatic heterocycles. The molecule has 0 fully saturated rings. The lowest BCUT2D eigenvalue weighted by Gasteiger charge is -1.99. The van der Waals surface area contributed by atoms with E-state index in [0.29, 0.717) is 25.4 Å². The van der Waals surface area contributed by atoms with Gasteiger partial charge in [-0.2, -0.15) is 0 Å². The van der Waals surface area contributed by atoms with E-state index in [2.05, 4.69) is 9.72 Å². The number of carbonyl (C=O) groups is 1. The summed E-state index contributed by atoms with van der Waals surface area (Å²) >= 11 is 0. The van der Waals surface area contributed by atoms with Gasteiger partial charge in [0.15, 0.2) is 11.7 Å². The molecule has 21 heavy (non-hydrogen) atoms. The van der Waals surface area contributed by atoms with Crippen molar-refractivity contribution in [2.24, 2.45) is 5.73 Å². The van der Waals surface area contributed by atoms with Crippen molar-refractivity contribution < 1.29 is 13.9 Å². The van der Waals surface area contributed by atoms with Gasteiger partial charge < -0.3 is 14.9 Å². The Morgan fingerprint density at radius 1 is 1.38 bits per heavy atom. The molecule has 0 bridgehead atoms. The first-order valence-electron chi connectivity index (χ1n) is 6.91. The molecule has 0 aliphatic carbocycles. The standard InChI is InChI=1S/C13H16N2O.C3H6O2/c1-9(14)8-12-15-10(2)13(16-12)11-6-4-3-5-7-11;1-2-5-3-4/h3-7,9H,8,14H2,1-2H3;3H,2H2,1H3. The molecule has 1 aromatic carbocycles. The topological polar surface area (TPSA) is 78.3 Å². The minimum atomic E-state index is 0.0710. The smallest absolute Gasteiger partial charge is 0.293 e. The summed E-state index contributed by atoms with van der Waals surface area (Å²) in [6, 6.07) is 10.1. The SMILES string of the molecule is CCOC=O.Cc1nc(CC(C)N)oc1-c1ccccc1. The zero-order chi connectivity index (χ0) is 15.7. The Hall–Kier alpha value is -2.14. The van der Waals surface area contributed by atoms with Crippen LogP contribution < -0.4 is 5.73 Å². The van der Waals surface area contributed by atoms with Gasteiger partial charge in [-0.25, -0.2) is 4.98 Å². The number of hydrogen-bond donors (Lipinski definition) is 1. The van der Waals surface area contributed by atoms with Crippen molar-refractivity contribution in [1.82, 2.24) is 4.98 Å². The molecule has 2 rings (SSSR count). The van der Waals surface area contributed by atoms with Gasteiger partial charge >= 0.3 is 0 Å². The monoisotopic (exact) mass is 290 g/mol. The highest BCUT2D eigenvalue weighted by atomic mass is 16.5. The van der Waals surface area contributed by atoms with E-state index in [9.17, 15) is 4.79 Å². The van der Waals surface area contributed by atoms with E-state index in [1.54, 1.807) is 6.92 Å². The van der Waals surface area contributed by atoms with Crippen LogP contribution in [0.4, 0.5) is 0 Å². The number of nitrogens with zero attached hydrogens (tertiary/aromatic N) is 1. The van der Waals surface area contributed by atoms with E-state index in [1.807, 2.05) is 44.2 Å². The maximum atomic E-state index is 9.18. The third kappa shape index (κ3) is 5.79. The van der Waals surface area contributed by atoms with Crippen LogP contribution in [0.1, 0.15) is 25.4 Å². The van der Waals surface area contributed by atoms with Gasteiger partial charge in [-0.05, 0) is 20.8 Å². The fraction of sp³-hybridized carbons (Fsp3) is 0.375. The van der Waals surface area contributed by atoms with Gasteiger partial charge in [-0.3, -0.25) is 4.79 Å². The fourth-order valence-electron chi connectivity index (χ4n) is 1.74. The van der Waals surface area contributed by atoms with Crippen molar-refractivity contribution in [3.63, 3.8) is 0 Å². The number of rotatable bonds is 5. The second-order valence-electron chi connectivity index (χ2n) is 4.62. The molecule has 5 nitrogen and oxygen atoms in total. The molecular weight excluding hydrogens is 268 g/mol. The average Bonchev–Trinajstić information content (AvgIpc) is 2.81. The molecule has 0 saturated heterocycles. The molecule has 1 heterocycles. The first-order valence-corrected chi connectivity index (χ1v) is 6.91. The third-order valence-electron chi connectivity index (χ3n) is 2.61. The molecule has 5 heteroatoms. The molecule has 0 radical (unpaired) electrons. The molecule has 1 atom stereocenters. The van der Waals surface area contributed by atoms with Crippen molar-refractivity contribution in [2.75, 3.05) is 6.61 Å². The Labute approximate surface area is 125 Å². The Kier molecular flexibility index (Phi) is 7.18. The molecule has 1 aromatic heterocycles. The molecular formula is C16H22N2O3. The van der Waals surface area contributed by atoms with Crippen LogP contribution >= 0.6 is 0 Å². The van der Waals surface area contributed by atoms with Crippen molar-refractivity contribution >= 4 is 6.47 Å². The van der Waals surface area contributed by atoms with Crippen LogP contribution in [0, 0.1) is 6.92 Å². The first kappa shape index (κ1) is 16.9. The summed E-state index contributed by atoms with van der Waals surface area (Å²) in [7, 11) is 0. The van der Waals surface area contributed by atoms with E-state index in [0.717, 1.165) is 17.0 Å².